The maximum absolute atomic E-state index is 11.6. The van der Waals surface area contributed by atoms with Crippen LogP contribution in [0.4, 0.5) is 5.69 Å². The minimum absolute atomic E-state index is 0.152. The van der Waals surface area contributed by atoms with Crippen LogP contribution in [0.5, 0.6) is 0 Å². The van der Waals surface area contributed by atoms with Crippen LogP contribution in [0.1, 0.15) is 27.2 Å². The van der Waals surface area contributed by atoms with Crippen molar-refractivity contribution in [3.8, 4) is 0 Å². The van der Waals surface area contributed by atoms with Gasteiger partial charge in [0, 0.05) is 10.7 Å². The van der Waals surface area contributed by atoms with Crippen LogP contribution in [0.25, 0.3) is 0 Å². The Hall–Kier alpha value is -1.55. The molecule has 1 aromatic carbocycles. The predicted molar refractivity (Wildman–Crippen MR) is 75.1 cm³/mol. The second kappa shape index (κ2) is 6.57. The standard InChI is InChI=1S/C14H18ClNO3/c1-14(2,3)8-13(18)19-9-12(17)16-11-6-4-5-10(15)7-11/h4-7H,8-9H2,1-3H3,(H,16,17). The summed E-state index contributed by atoms with van der Waals surface area (Å²) in [6, 6.07) is 6.77. The van der Waals surface area contributed by atoms with E-state index in [1.54, 1.807) is 24.3 Å². The lowest BCUT2D eigenvalue weighted by Gasteiger charge is -2.16. The zero-order valence-corrected chi connectivity index (χ0v) is 12.1. The molecule has 0 heterocycles. The summed E-state index contributed by atoms with van der Waals surface area (Å²) < 4.78 is 4.90. The number of carbonyl (C=O) groups excluding carboxylic acids is 2. The van der Waals surface area contributed by atoms with Gasteiger partial charge in [-0.15, -0.1) is 0 Å². The maximum Gasteiger partial charge on any atom is 0.306 e. The van der Waals surface area contributed by atoms with Crippen molar-refractivity contribution in [1.82, 2.24) is 0 Å². The highest BCUT2D eigenvalue weighted by atomic mass is 35.5. The molecule has 0 unspecified atom stereocenters. The first-order valence-electron chi connectivity index (χ1n) is 5.97. The van der Waals surface area contributed by atoms with Crippen LogP contribution >= 0.6 is 11.6 Å². The van der Waals surface area contributed by atoms with Gasteiger partial charge in [0.1, 0.15) is 0 Å². The van der Waals surface area contributed by atoms with E-state index in [9.17, 15) is 9.59 Å². The first-order chi connectivity index (χ1) is 8.76. The Morgan fingerprint density at radius 2 is 2.00 bits per heavy atom. The van der Waals surface area contributed by atoms with Gasteiger partial charge in [-0.3, -0.25) is 9.59 Å². The lowest BCUT2D eigenvalue weighted by molar-refractivity contribution is -0.149. The Morgan fingerprint density at radius 1 is 1.32 bits per heavy atom. The predicted octanol–water partition coefficient (Wildman–Crippen LogP) is 3.26. The fourth-order valence-electron chi connectivity index (χ4n) is 1.39. The monoisotopic (exact) mass is 283 g/mol. The Kier molecular flexibility index (Phi) is 5.36. The number of amides is 1. The van der Waals surface area contributed by atoms with Crippen molar-refractivity contribution in [2.24, 2.45) is 5.41 Å². The molecular formula is C14H18ClNO3. The molecule has 1 N–H and O–H groups in total. The van der Waals surface area contributed by atoms with E-state index in [2.05, 4.69) is 5.32 Å². The van der Waals surface area contributed by atoms with Gasteiger partial charge in [0.05, 0.1) is 6.42 Å². The largest absolute Gasteiger partial charge is 0.456 e. The molecule has 1 amide bonds. The van der Waals surface area contributed by atoms with Gasteiger partial charge in [-0.25, -0.2) is 0 Å². The number of carbonyl (C=O) groups is 2. The Balaban J connectivity index is 2.38. The zero-order chi connectivity index (χ0) is 14.5. The molecule has 0 saturated carbocycles. The van der Waals surface area contributed by atoms with Crippen LogP contribution in [0.2, 0.25) is 5.02 Å². The normalized spacial score (nSPS) is 10.9. The van der Waals surface area contributed by atoms with Crippen molar-refractivity contribution in [1.29, 1.82) is 0 Å². The summed E-state index contributed by atoms with van der Waals surface area (Å²) in [5.41, 5.74) is 0.421. The van der Waals surface area contributed by atoms with Crippen LogP contribution < -0.4 is 5.32 Å². The van der Waals surface area contributed by atoms with Crippen molar-refractivity contribution in [3.05, 3.63) is 29.3 Å². The van der Waals surface area contributed by atoms with Crippen LogP contribution in [0.3, 0.4) is 0 Å². The second-order valence-corrected chi connectivity index (χ2v) is 5.89. The third kappa shape index (κ3) is 6.82. The molecule has 4 nitrogen and oxygen atoms in total. The van der Waals surface area contributed by atoms with Gasteiger partial charge in [-0.1, -0.05) is 38.4 Å². The highest BCUT2D eigenvalue weighted by Crippen LogP contribution is 2.19. The summed E-state index contributed by atoms with van der Waals surface area (Å²) in [5, 5.41) is 3.13. The number of benzene rings is 1. The average molecular weight is 284 g/mol. The molecule has 104 valence electrons. The molecule has 0 aromatic heterocycles. The second-order valence-electron chi connectivity index (χ2n) is 5.46. The van der Waals surface area contributed by atoms with E-state index < -0.39 is 0 Å². The summed E-state index contributed by atoms with van der Waals surface area (Å²) in [4.78, 5) is 23.0. The molecule has 0 saturated heterocycles. The molecule has 0 aliphatic heterocycles. The molecule has 0 radical (unpaired) electrons. The summed E-state index contributed by atoms with van der Waals surface area (Å²) in [7, 11) is 0. The lowest BCUT2D eigenvalue weighted by atomic mass is 9.93. The summed E-state index contributed by atoms with van der Waals surface area (Å²) >= 11 is 5.79. The molecule has 0 fully saturated rings. The molecule has 0 spiro atoms. The number of esters is 1. The third-order valence-electron chi connectivity index (χ3n) is 2.15. The fraction of sp³-hybridized carbons (Fsp3) is 0.429. The van der Waals surface area contributed by atoms with E-state index >= 15 is 0 Å². The number of ether oxygens (including phenoxy) is 1. The molecule has 19 heavy (non-hydrogen) atoms. The van der Waals surface area contributed by atoms with Gasteiger partial charge in [0.25, 0.3) is 5.91 Å². The van der Waals surface area contributed by atoms with E-state index in [0.717, 1.165) is 0 Å². The van der Waals surface area contributed by atoms with Crippen LogP contribution in [0, 0.1) is 5.41 Å². The topological polar surface area (TPSA) is 55.4 Å². The van der Waals surface area contributed by atoms with Crippen LogP contribution in [-0.2, 0) is 14.3 Å². The number of halogens is 1. The molecule has 1 aromatic rings. The number of hydrogen-bond acceptors (Lipinski definition) is 3. The first kappa shape index (κ1) is 15.5. The van der Waals surface area contributed by atoms with E-state index in [0.29, 0.717) is 10.7 Å². The van der Waals surface area contributed by atoms with Crippen molar-refractivity contribution < 1.29 is 14.3 Å². The van der Waals surface area contributed by atoms with E-state index in [1.807, 2.05) is 20.8 Å². The smallest absolute Gasteiger partial charge is 0.306 e. The zero-order valence-electron chi connectivity index (χ0n) is 11.3. The van der Waals surface area contributed by atoms with Crippen LogP contribution in [0.15, 0.2) is 24.3 Å². The number of rotatable bonds is 4. The lowest BCUT2D eigenvalue weighted by Crippen LogP contribution is -2.23. The van der Waals surface area contributed by atoms with Gasteiger partial charge in [-0.05, 0) is 23.6 Å². The summed E-state index contributed by atoms with van der Waals surface area (Å²) in [6.07, 6.45) is 0.275. The number of hydrogen-bond donors (Lipinski definition) is 1. The molecule has 5 heteroatoms. The van der Waals surface area contributed by atoms with Crippen molar-refractivity contribution >= 4 is 29.2 Å². The molecule has 0 aliphatic rings. The van der Waals surface area contributed by atoms with E-state index in [1.165, 1.54) is 0 Å². The summed E-state index contributed by atoms with van der Waals surface area (Å²) in [6.45, 7) is 5.50. The minimum atomic E-state index is -0.385. The number of anilines is 1. The van der Waals surface area contributed by atoms with Gasteiger partial charge < -0.3 is 10.1 Å². The Morgan fingerprint density at radius 3 is 2.58 bits per heavy atom. The average Bonchev–Trinajstić information content (AvgIpc) is 2.24. The Labute approximate surface area is 118 Å². The summed E-state index contributed by atoms with van der Waals surface area (Å²) in [5.74, 6) is -0.765. The Bertz CT molecular complexity index is 466. The molecule has 1 rings (SSSR count). The van der Waals surface area contributed by atoms with Crippen molar-refractivity contribution in [3.63, 3.8) is 0 Å². The molecular weight excluding hydrogens is 266 g/mol. The number of nitrogens with one attached hydrogen (secondary N) is 1. The van der Waals surface area contributed by atoms with Gasteiger partial charge in [0.15, 0.2) is 6.61 Å². The quantitative estimate of drug-likeness (QED) is 0.863. The van der Waals surface area contributed by atoms with Gasteiger partial charge >= 0.3 is 5.97 Å². The van der Waals surface area contributed by atoms with Crippen molar-refractivity contribution in [2.45, 2.75) is 27.2 Å². The molecule has 0 atom stereocenters. The fourth-order valence-corrected chi connectivity index (χ4v) is 1.58. The van der Waals surface area contributed by atoms with Crippen molar-refractivity contribution in [2.75, 3.05) is 11.9 Å². The van der Waals surface area contributed by atoms with Gasteiger partial charge in [0.2, 0.25) is 0 Å². The van der Waals surface area contributed by atoms with E-state index in [4.69, 9.17) is 16.3 Å². The van der Waals surface area contributed by atoms with Crippen LogP contribution in [-0.4, -0.2) is 18.5 Å². The highest BCUT2D eigenvalue weighted by molar-refractivity contribution is 6.30. The molecule has 0 bridgehead atoms. The maximum atomic E-state index is 11.6. The van der Waals surface area contributed by atoms with Gasteiger partial charge in [-0.2, -0.15) is 0 Å². The third-order valence-corrected chi connectivity index (χ3v) is 2.38. The van der Waals surface area contributed by atoms with E-state index in [-0.39, 0.29) is 30.3 Å². The minimum Gasteiger partial charge on any atom is -0.456 e. The highest BCUT2D eigenvalue weighted by Gasteiger charge is 2.17. The molecule has 0 aliphatic carbocycles. The SMILES string of the molecule is CC(C)(C)CC(=O)OCC(=O)Nc1cccc(Cl)c1. The first-order valence-corrected chi connectivity index (χ1v) is 6.35.